The highest BCUT2D eigenvalue weighted by Crippen LogP contribution is 2.18. The third kappa shape index (κ3) is 6.29. The van der Waals surface area contributed by atoms with E-state index in [2.05, 4.69) is 60.2 Å². The number of rotatable bonds is 10. The van der Waals surface area contributed by atoms with Gasteiger partial charge in [0.2, 0.25) is 0 Å². The van der Waals surface area contributed by atoms with E-state index >= 15 is 0 Å². The molecule has 5 nitrogen and oxygen atoms in total. The average molecular weight is 293 g/mol. The molecule has 5 heteroatoms. The van der Waals surface area contributed by atoms with Crippen LogP contribution in [-0.4, -0.2) is 47.6 Å². The van der Waals surface area contributed by atoms with Gasteiger partial charge in [-0.25, -0.2) is 9.97 Å². The normalized spacial score (nSPS) is 11.2. The van der Waals surface area contributed by atoms with Gasteiger partial charge < -0.3 is 15.5 Å². The van der Waals surface area contributed by atoms with Crippen LogP contribution in [0, 0.1) is 6.92 Å². The van der Waals surface area contributed by atoms with Crippen LogP contribution in [0.5, 0.6) is 0 Å². The standard InChI is InChI=1S/C16H31N5/c1-6-9-17-15-14(4)16(20-12-19-15)18-10-7-8-11-21(5)13(2)3/h12-13H,6-11H2,1-5H3,(H2,17,18,19,20). The summed E-state index contributed by atoms with van der Waals surface area (Å²) in [5, 5.41) is 6.76. The summed E-state index contributed by atoms with van der Waals surface area (Å²) < 4.78 is 0. The molecule has 1 aromatic rings. The number of anilines is 2. The number of unbranched alkanes of at least 4 members (excludes halogenated alkanes) is 1. The second-order valence-electron chi connectivity index (χ2n) is 5.83. The van der Waals surface area contributed by atoms with Crippen LogP contribution in [0.3, 0.4) is 0 Å². The molecule has 0 atom stereocenters. The quantitative estimate of drug-likeness (QED) is 0.649. The maximum atomic E-state index is 4.34. The van der Waals surface area contributed by atoms with Crippen LogP contribution in [0.1, 0.15) is 45.6 Å². The Morgan fingerprint density at radius 3 is 2.29 bits per heavy atom. The van der Waals surface area contributed by atoms with E-state index in [9.17, 15) is 0 Å². The second kappa shape index (κ2) is 9.55. The van der Waals surface area contributed by atoms with Gasteiger partial charge in [0, 0.05) is 24.7 Å². The molecule has 0 aliphatic heterocycles. The molecule has 1 aromatic heterocycles. The van der Waals surface area contributed by atoms with E-state index in [1.54, 1.807) is 6.33 Å². The van der Waals surface area contributed by atoms with Crippen LogP contribution in [0.2, 0.25) is 0 Å². The Morgan fingerprint density at radius 2 is 1.71 bits per heavy atom. The predicted octanol–water partition coefficient (Wildman–Crippen LogP) is 3.14. The van der Waals surface area contributed by atoms with Crippen molar-refractivity contribution in [1.82, 2.24) is 14.9 Å². The molecule has 2 N–H and O–H groups in total. The summed E-state index contributed by atoms with van der Waals surface area (Å²) in [7, 11) is 2.18. The van der Waals surface area contributed by atoms with Crippen molar-refractivity contribution in [2.24, 2.45) is 0 Å². The van der Waals surface area contributed by atoms with Crippen molar-refractivity contribution in [1.29, 1.82) is 0 Å². The van der Waals surface area contributed by atoms with Gasteiger partial charge in [-0.05, 0) is 53.6 Å². The Bertz CT molecular complexity index is 406. The largest absolute Gasteiger partial charge is 0.370 e. The van der Waals surface area contributed by atoms with E-state index in [-0.39, 0.29) is 0 Å². The van der Waals surface area contributed by atoms with E-state index in [1.807, 2.05) is 0 Å². The molecule has 0 aliphatic rings. The molecule has 0 aliphatic carbocycles. The fourth-order valence-electron chi connectivity index (χ4n) is 2.00. The second-order valence-corrected chi connectivity index (χ2v) is 5.83. The molecule has 0 saturated carbocycles. The maximum Gasteiger partial charge on any atom is 0.134 e. The van der Waals surface area contributed by atoms with Gasteiger partial charge in [0.05, 0.1) is 0 Å². The van der Waals surface area contributed by atoms with Crippen molar-refractivity contribution < 1.29 is 0 Å². The van der Waals surface area contributed by atoms with Crippen molar-refractivity contribution >= 4 is 11.6 Å². The van der Waals surface area contributed by atoms with Crippen LogP contribution >= 0.6 is 0 Å². The number of nitrogens with one attached hydrogen (secondary N) is 2. The fourth-order valence-corrected chi connectivity index (χ4v) is 2.00. The van der Waals surface area contributed by atoms with Gasteiger partial charge in [-0.15, -0.1) is 0 Å². The van der Waals surface area contributed by atoms with Gasteiger partial charge in [-0.3, -0.25) is 0 Å². The van der Waals surface area contributed by atoms with Crippen molar-refractivity contribution in [3.8, 4) is 0 Å². The lowest BCUT2D eigenvalue weighted by atomic mass is 10.2. The zero-order chi connectivity index (χ0) is 15.7. The van der Waals surface area contributed by atoms with E-state index in [1.165, 1.54) is 6.42 Å². The summed E-state index contributed by atoms with van der Waals surface area (Å²) in [5.74, 6) is 1.88. The van der Waals surface area contributed by atoms with E-state index < -0.39 is 0 Å². The number of nitrogens with zero attached hydrogens (tertiary/aromatic N) is 3. The van der Waals surface area contributed by atoms with Crippen LogP contribution in [0.25, 0.3) is 0 Å². The van der Waals surface area contributed by atoms with Gasteiger partial charge in [0.15, 0.2) is 0 Å². The molecule has 0 bridgehead atoms. The lowest BCUT2D eigenvalue weighted by Gasteiger charge is -2.20. The van der Waals surface area contributed by atoms with E-state index in [0.29, 0.717) is 6.04 Å². The molecular formula is C16H31N5. The molecule has 0 amide bonds. The minimum Gasteiger partial charge on any atom is -0.370 e. The Morgan fingerprint density at radius 1 is 1.10 bits per heavy atom. The average Bonchev–Trinajstić information content (AvgIpc) is 2.46. The third-order valence-corrected chi connectivity index (χ3v) is 3.74. The topological polar surface area (TPSA) is 53.1 Å². The van der Waals surface area contributed by atoms with Crippen molar-refractivity contribution in [2.75, 3.05) is 37.3 Å². The molecule has 1 rings (SSSR count). The molecule has 0 spiro atoms. The summed E-state index contributed by atoms with van der Waals surface area (Å²) >= 11 is 0. The first-order valence-corrected chi connectivity index (χ1v) is 8.05. The Labute approximate surface area is 129 Å². The lowest BCUT2D eigenvalue weighted by Crippen LogP contribution is -2.27. The Kier molecular flexibility index (Phi) is 8.05. The van der Waals surface area contributed by atoms with Gasteiger partial charge in [0.1, 0.15) is 18.0 Å². The molecule has 0 unspecified atom stereocenters. The van der Waals surface area contributed by atoms with E-state index in [0.717, 1.165) is 49.7 Å². The van der Waals surface area contributed by atoms with Crippen LogP contribution in [0.15, 0.2) is 6.33 Å². The zero-order valence-electron chi connectivity index (χ0n) is 14.2. The van der Waals surface area contributed by atoms with Crippen molar-refractivity contribution in [2.45, 2.75) is 53.0 Å². The molecule has 21 heavy (non-hydrogen) atoms. The first-order chi connectivity index (χ1) is 10.1. The first-order valence-electron chi connectivity index (χ1n) is 8.05. The van der Waals surface area contributed by atoms with Crippen molar-refractivity contribution in [3.05, 3.63) is 11.9 Å². The molecular weight excluding hydrogens is 262 g/mol. The maximum absolute atomic E-state index is 4.34. The highest BCUT2D eigenvalue weighted by molar-refractivity contribution is 5.56. The zero-order valence-corrected chi connectivity index (χ0v) is 14.2. The summed E-state index contributed by atoms with van der Waals surface area (Å²) in [6, 6.07) is 0.620. The summed E-state index contributed by atoms with van der Waals surface area (Å²) in [4.78, 5) is 11.0. The Balaban J connectivity index is 2.35. The highest BCUT2D eigenvalue weighted by Gasteiger charge is 2.06. The van der Waals surface area contributed by atoms with Gasteiger partial charge in [0.25, 0.3) is 0 Å². The lowest BCUT2D eigenvalue weighted by molar-refractivity contribution is 0.269. The molecule has 0 aromatic carbocycles. The van der Waals surface area contributed by atoms with Gasteiger partial charge in [-0.2, -0.15) is 0 Å². The summed E-state index contributed by atoms with van der Waals surface area (Å²) in [5.41, 5.74) is 1.10. The highest BCUT2D eigenvalue weighted by atomic mass is 15.1. The number of aromatic nitrogens is 2. The number of hydrogen-bond acceptors (Lipinski definition) is 5. The van der Waals surface area contributed by atoms with Crippen LogP contribution < -0.4 is 10.6 Å². The summed E-state index contributed by atoms with van der Waals surface area (Å²) in [6.07, 6.45) is 5.07. The minimum atomic E-state index is 0.620. The molecule has 120 valence electrons. The van der Waals surface area contributed by atoms with Crippen molar-refractivity contribution in [3.63, 3.8) is 0 Å². The van der Waals surface area contributed by atoms with E-state index in [4.69, 9.17) is 0 Å². The monoisotopic (exact) mass is 293 g/mol. The van der Waals surface area contributed by atoms with Crippen LogP contribution in [0.4, 0.5) is 11.6 Å². The number of hydrogen-bond donors (Lipinski definition) is 2. The third-order valence-electron chi connectivity index (χ3n) is 3.74. The minimum absolute atomic E-state index is 0.620. The fraction of sp³-hybridized carbons (Fsp3) is 0.750. The predicted molar refractivity (Wildman–Crippen MR) is 91.0 cm³/mol. The molecule has 1 heterocycles. The van der Waals surface area contributed by atoms with Gasteiger partial charge in [-0.1, -0.05) is 6.92 Å². The van der Waals surface area contributed by atoms with Gasteiger partial charge >= 0.3 is 0 Å². The molecule has 0 saturated heterocycles. The molecule has 0 radical (unpaired) electrons. The first kappa shape index (κ1) is 17.7. The summed E-state index contributed by atoms with van der Waals surface area (Å²) in [6.45, 7) is 11.7. The van der Waals surface area contributed by atoms with Crippen LogP contribution in [-0.2, 0) is 0 Å². The molecule has 0 fully saturated rings. The Hall–Kier alpha value is -1.36. The smallest absolute Gasteiger partial charge is 0.134 e. The SMILES string of the molecule is CCCNc1ncnc(NCCCCN(C)C(C)C)c1C.